The van der Waals surface area contributed by atoms with Gasteiger partial charge in [-0.25, -0.2) is 4.99 Å². The third-order valence-corrected chi connectivity index (χ3v) is 2.84. The molecule has 4 heteroatoms. The lowest BCUT2D eigenvalue weighted by Crippen LogP contribution is -2.38. The number of likely N-dealkylation sites (tertiary alicyclic amines) is 1. The molecule has 1 fully saturated rings. The first-order valence-electron chi connectivity index (χ1n) is 6.01. The van der Waals surface area contributed by atoms with E-state index in [0.29, 0.717) is 0 Å². The van der Waals surface area contributed by atoms with Crippen molar-refractivity contribution < 1.29 is 4.79 Å². The number of carbonyl (C=O) groups excluding carboxylic acids is 1. The number of unbranched alkanes of at least 4 members (excludes halogenated alkanes) is 1. The fourth-order valence-electron chi connectivity index (χ4n) is 1.79. The molecule has 0 spiro atoms. The van der Waals surface area contributed by atoms with Crippen LogP contribution < -0.4 is 0 Å². The van der Waals surface area contributed by atoms with Crippen molar-refractivity contribution in [2.75, 3.05) is 20.1 Å². The summed E-state index contributed by atoms with van der Waals surface area (Å²) in [7, 11) is 1.77. The molecular weight excluding hydrogens is 202 g/mol. The lowest BCUT2D eigenvalue weighted by molar-refractivity contribution is -0.112. The molecule has 0 aliphatic carbocycles. The molecular formula is C12H21N3O. The topological polar surface area (TPSA) is 45.0 Å². The fourth-order valence-corrected chi connectivity index (χ4v) is 1.79. The SMILES string of the molecule is CCCC=NC(=NC)N1CCC(C=O)CC1. The summed E-state index contributed by atoms with van der Waals surface area (Å²) < 4.78 is 0. The van der Waals surface area contributed by atoms with Crippen molar-refractivity contribution in [1.82, 2.24) is 4.90 Å². The minimum atomic E-state index is 0.231. The van der Waals surface area contributed by atoms with Gasteiger partial charge in [-0.3, -0.25) is 4.99 Å². The van der Waals surface area contributed by atoms with Gasteiger partial charge >= 0.3 is 0 Å². The van der Waals surface area contributed by atoms with E-state index in [0.717, 1.165) is 51.0 Å². The fraction of sp³-hybridized carbons (Fsp3) is 0.750. The zero-order chi connectivity index (χ0) is 11.8. The molecule has 1 saturated heterocycles. The van der Waals surface area contributed by atoms with Crippen molar-refractivity contribution in [3.8, 4) is 0 Å². The highest BCUT2D eigenvalue weighted by atomic mass is 16.1. The van der Waals surface area contributed by atoms with Gasteiger partial charge in [0.1, 0.15) is 6.29 Å². The lowest BCUT2D eigenvalue weighted by atomic mass is 9.99. The minimum Gasteiger partial charge on any atom is -0.341 e. The summed E-state index contributed by atoms with van der Waals surface area (Å²) in [5.74, 6) is 1.03. The Kier molecular flexibility index (Phi) is 5.75. The first kappa shape index (κ1) is 12.9. The summed E-state index contributed by atoms with van der Waals surface area (Å²) in [6.07, 6.45) is 6.93. The third-order valence-electron chi connectivity index (χ3n) is 2.84. The van der Waals surface area contributed by atoms with Crippen LogP contribution in [0.25, 0.3) is 0 Å². The molecule has 4 nitrogen and oxygen atoms in total. The van der Waals surface area contributed by atoms with Gasteiger partial charge in [0.2, 0.25) is 5.96 Å². The summed E-state index contributed by atoms with van der Waals surface area (Å²) in [5.41, 5.74) is 0. The molecule has 0 radical (unpaired) electrons. The largest absolute Gasteiger partial charge is 0.341 e. The summed E-state index contributed by atoms with van der Waals surface area (Å²) in [6.45, 7) is 3.91. The van der Waals surface area contributed by atoms with E-state index in [2.05, 4.69) is 21.8 Å². The predicted molar refractivity (Wildman–Crippen MR) is 67.1 cm³/mol. The molecule has 16 heavy (non-hydrogen) atoms. The van der Waals surface area contributed by atoms with Crippen LogP contribution in [-0.2, 0) is 4.79 Å². The number of carbonyl (C=O) groups is 1. The Labute approximate surface area is 97.5 Å². The molecule has 0 amide bonds. The molecule has 0 aromatic carbocycles. The molecule has 0 unspecified atom stereocenters. The van der Waals surface area contributed by atoms with Crippen molar-refractivity contribution in [3.63, 3.8) is 0 Å². The molecule has 1 heterocycles. The number of nitrogens with zero attached hydrogens (tertiary/aromatic N) is 3. The molecule has 0 aromatic rings. The van der Waals surface area contributed by atoms with E-state index in [1.165, 1.54) is 0 Å². The van der Waals surface area contributed by atoms with E-state index < -0.39 is 0 Å². The van der Waals surface area contributed by atoms with Crippen LogP contribution in [0.3, 0.4) is 0 Å². The quantitative estimate of drug-likeness (QED) is 0.416. The van der Waals surface area contributed by atoms with E-state index in [1.807, 2.05) is 6.21 Å². The normalized spacial score (nSPS) is 19.4. The van der Waals surface area contributed by atoms with Gasteiger partial charge in [0.25, 0.3) is 0 Å². The van der Waals surface area contributed by atoms with Gasteiger partial charge in [-0.1, -0.05) is 13.3 Å². The van der Waals surface area contributed by atoms with Crippen molar-refractivity contribution in [2.24, 2.45) is 15.9 Å². The minimum absolute atomic E-state index is 0.231. The zero-order valence-corrected chi connectivity index (χ0v) is 10.2. The summed E-state index contributed by atoms with van der Waals surface area (Å²) in [5, 5.41) is 0. The number of piperidine rings is 1. The van der Waals surface area contributed by atoms with Crippen LogP contribution in [0, 0.1) is 5.92 Å². The van der Waals surface area contributed by atoms with Gasteiger partial charge in [0, 0.05) is 32.3 Å². The Morgan fingerprint density at radius 1 is 1.44 bits per heavy atom. The van der Waals surface area contributed by atoms with E-state index in [9.17, 15) is 4.79 Å². The van der Waals surface area contributed by atoms with E-state index >= 15 is 0 Å². The van der Waals surface area contributed by atoms with Crippen LogP contribution in [0.5, 0.6) is 0 Å². The third kappa shape index (κ3) is 3.76. The molecule has 1 aliphatic heterocycles. The number of hydrogen-bond acceptors (Lipinski definition) is 2. The van der Waals surface area contributed by atoms with Gasteiger partial charge < -0.3 is 9.69 Å². The predicted octanol–water partition coefficient (Wildman–Crippen LogP) is 1.75. The number of hydrogen-bond donors (Lipinski definition) is 0. The summed E-state index contributed by atoms with van der Waals surface area (Å²) in [4.78, 5) is 21.4. The second kappa shape index (κ2) is 7.14. The maximum atomic E-state index is 10.6. The second-order valence-electron chi connectivity index (χ2n) is 4.08. The van der Waals surface area contributed by atoms with Crippen LogP contribution in [0.2, 0.25) is 0 Å². The number of rotatable bonds is 3. The van der Waals surface area contributed by atoms with Crippen LogP contribution >= 0.6 is 0 Å². The van der Waals surface area contributed by atoms with Gasteiger partial charge in [0.15, 0.2) is 0 Å². The molecule has 1 rings (SSSR count). The molecule has 1 aliphatic rings. The maximum Gasteiger partial charge on any atom is 0.219 e. The second-order valence-corrected chi connectivity index (χ2v) is 4.08. The molecule has 90 valence electrons. The highest BCUT2D eigenvalue weighted by Crippen LogP contribution is 2.15. The van der Waals surface area contributed by atoms with E-state index in [-0.39, 0.29) is 5.92 Å². The van der Waals surface area contributed by atoms with Crippen LogP contribution in [-0.4, -0.2) is 43.5 Å². The molecule has 0 saturated carbocycles. The zero-order valence-electron chi connectivity index (χ0n) is 10.2. The Morgan fingerprint density at radius 2 is 2.12 bits per heavy atom. The van der Waals surface area contributed by atoms with Crippen molar-refractivity contribution in [1.29, 1.82) is 0 Å². The Bertz CT molecular complexity index is 265. The van der Waals surface area contributed by atoms with Crippen molar-refractivity contribution >= 4 is 18.5 Å². The molecule has 0 N–H and O–H groups in total. The molecule has 0 bridgehead atoms. The Balaban J connectivity index is 2.46. The van der Waals surface area contributed by atoms with Crippen LogP contribution in [0.1, 0.15) is 32.6 Å². The van der Waals surface area contributed by atoms with Gasteiger partial charge in [0.05, 0.1) is 0 Å². The monoisotopic (exact) mass is 223 g/mol. The standard InChI is InChI=1S/C12H21N3O/c1-3-4-7-14-12(13-2)15-8-5-11(10-16)6-9-15/h7,10-11H,3-6,8-9H2,1-2H3. The molecule has 0 aromatic heterocycles. The average molecular weight is 223 g/mol. The molecule has 0 atom stereocenters. The highest BCUT2D eigenvalue weighted by Gasteiger charge is 2.20. The number of aldehydes is 1. The Hall–Kier alpha value is -1.19. The van der Waals surface area contributed by atoms with E-state index in [4.69, 9.17) is 0 Å². The lowest BCUT2D eigenvalue weighted by Gasteiger charge is -2.30. The van der Waals surface area contributed by atoms with Gasteiger partial charge in [-0.15, -0.1) is 0 Å². The first-order chi connectivity index (χ1) is 7.81. The first-order valence-corrected chi connectivity index (χ1v) is 6.01. The summed E-state index contributed by atoms with van der Waals surface area (Å²) >= 11 is 0. The maximum absolute atomic E-state index is 10.6. The number of aliphatic imine (C=N–C) groups is 2. The summed E-state index contributed by atoms with van der Waals surface area (Å²) in [6, 6.07) is 0. The van der Waals surface area contributed by atoms with Gasteiger partial charge in [-0.05, 0) is 19.3 Å². The smallest absolute Gasteiger partial charge is 0.219 e. The van der Waals surface area contributed by atoms with E-state index in [1.54, 1.807) is 7.05 Å². The van der Waals surface area contributed by atoms with Gasteiger partial charge in [-0.2, -0.15) is 0 Å². The average Bonchev–Trinajstić information content (AvgIpc) is 2.35. The number of guanidine groups is 1. The van der Waals surface area contributed by atoms with Crippen LogP contribution in [0.15, 0.2) is 9.98 Å². The van der Waals surface area contributed by atoms with Crippen LogP contribution in [0.4, 0.5) is 0 Å². The van der Waals surface area contributed by atoms with Crippen molar-refractivity contribution in [2.45, 2.75) is 32.6 Å². The van der Waals surface area contributed by atoms with Crippen molar-refractivity contribution in [3.05, 3.63) is 0 Å². The highest BCUT2D eigenvalue weighted by molar-refractivity contribution is 5.87. The Morgan fingerprint density at radius 3 is 2.62 bits per heavy atom.